The van der Waals surface area contributed by atoms with Gasteiger partial charge in [0.2, 0.25) is 0 Å². The van der Waals surface area contributed by atoms with E-state index < -0.39 is 0 Å². The SMILES string of the molecule is CC1CC=CC=C1C(N)C=N. The number of nitrogens with one attached hydrogen (secondary N) is 1. The Kier molecular flexibility index (Phi) is 2.60. The molecule has 1 aliphatic rings. The molecular formula is C9H14N2. The van der Waals surface area contributed by atoms with Gasteiger partial charge in [-0.25, -0.2) is 0 Å². The number of nitrogens with two attached hydrogens (primary N) is 1. The summed E-state index contributed by atoms with van der Waals surface area (Å²) in [6.07, 6.45) is 8.50. The van der Waals surface area contributed by atoms with Crippen LogP contribution in [0.25, 0.3) is 0 Å². The van der Waals surface area contributed by atoms with Gasteiger partial charge >= 0.3 is 0 Å². The van der Waals surface area contributed by atoms with E-state index in [9.17, 15) is 0 Å². The summed E-state index contributed by atoms with van der Waals surface area (Å²) in [5.41, 5.74) is 6.86. The van der Waals surface area contributed by atoms with Gasteiger partial charge < -0.3 is 11.1 Å². The van der Waals surface area contributed by atoms with Crippen LogP contribution in [0.1, 0.15) is 13.3 Å². The summed E-state index contributed by atoms with van der Waals surface area (Å²) in [4.78, 5) is 0. The average Bonchev–Trinajstić information content (AvgIpc) is 2.04. The molecule has 1 aliphatic carbocycles. The van der Waals surface area contributed by atoms with Crippen molar-refractivity contribution in [3.05, 3.63) is 23.8 Å². The van der Waals surface area contributed by atoms with Gasteiger partial charge in [-0.3, -0.25) is 0 Å². The molecule has 3 N–H and O–H groups in total. The van der Waals surface area contributed by atoms with Crippen molar-refractivity contribution in [2.45, 2.75) is 19.4 Å². The van der Waals surface area contributed by atoms with Gasteiger partial charge in [-0.15, -0.1) is 0 Å². The zero-order chi connectivity index (χ0) is 8.27. The Labute approximate surface area is 67.3 Å². The van der Waals surface area contributed by atoms with E-state index in [1.54, 1.807) is 0 Å². The normalized spacial score (nSPS) is 26.0. The second kappa shape index (κ2) is 3.49. The smallest absolute Gasteiger partial charge is 0.0613 e. The molecule has 2 nitrogen and oxygen atoms in total. The molecule has 1 rings (SSSR count). The predicted octanol–water partition coefficient (Wildman–Crippen LogP) is 1.49. The number of hydrogen-bond donors (Lipinski definition) is 2. The zero-order valence-corrected chi connectivity index (χ0v) is 6.75. The van der Waals surface area contributed by atoms with E-state index in [2.05, 4.69) is 13.0 Å². The van der Waals surface area contributed by atoms with Gasteiger partial charge in [-0.2, -0.15) is 0 Å². The van der Waals surface area contributed by atoms with E-state index >= 15 is 0 Å². The second-order valence-electron chi connectivity index (χ2n) is 2.92. The minimum absolute atomic E-state index is 0.185. The Hall–Kier alpha value is -0.890. The fraction of sp³-hybridized carbons (Fsp3) is 0.444. The van der Waals surface area contributed by atoms with Gasteiger partial charge in [-0.05, 0) is 17.9 Å². The molecule has 0 radical (unpaired) electrons. The molecule has 0 saturated carbocycles. The molecule has 0 aromatic heterocycles. The van der Waals surface area contributed by atoms with Gasteiger partial charge in [0.1, 0.15) is 0 Å². The van der Waals surface area contributed by atoms with Crippen LogP contribution in [0.3, 0.4) is 0 Å². The molecule has 0 bridgehead atoms. The first-order chi connectivity index (χ1) is 5.25. The highest BCUT2D eigenvalue weighted by molar-refractivity contribution is 5.66. The molecule has 2 atom stereocenters. The fourth-order valence-corrected chi connectivity index (χ4v) is 1.30. The minimum Gasteiger partial charge on any atom is -0.320 e. The molecular weight excluding hydrogens is 136 g/mol. The van der Waals surface area contributed by atoms with Crippen molar-refractivity contribution < 1.29 is 0 Å². The third-order valence-electron chi connectivity index (χ3n) is 2.05. The van der Waals surface area contributed by atoms with Crippen LogP contribution >= 0.6 is 0 Å². The molecule has 0 saturated heterocycles. The second-order valence-corrected chi connectivity index (χ2v) is 2.92. The number of allylic oxidation sites excluding steroid dienone is 3. The first-order valence-corrected chi connectivity index (χ1v) is 3.88. The summed E-state index contributed by atoms with van der Waals surface area (Å²) in [6.45, 7) is 2.14. The van der Waals surface area contributed by atoms with Gasteiger partial charge in [0.05, 0.1) is 6.04 Å². The van der Waals surface area contributed by atoms with Crippen LogP contribution in [0.15, 0.2) is 23.8 Å². The predicted molar refractivity (Wildman–Crippen MR) is 47.8 cm³/mol. The highest BCUT2D eigenvalue weighted by Crippen LogP contribution is 2.20. The molecule has 0 aromatic rings. The maximum Gasteiger partial charge on any atom is 0.0613 e. The lowest BCUT2D eigenvalue weighted by Crippen LogP contribution is -2.27. The molecule has 0 fully saturated rings. The summed E-state index contributed by atoms with van der Waals surface area (Å²) in [5, 5.41) is 7.02. The van der Waals surface area contributed by atoms with Crippen molar-refractivity contribution in [2.24, 2.45) is 11.7 Å². The lowest BCUT2D eigenvalue weighted by Gasteiger charge is -2.19. The van der Waals surface area contributed by atoms with Crippen LogP contribution in [-0.4, -0.2) is 12.3 Å². The standard InChI is InChI=1S/C9H14N2/c1-7-4-2-3-5-8(7)9(11)6-10/h2-3,5-7,9-10H,4,11H2,1H3. The summed E-state index contributed by atoms with van der Waals surface area (Å²) in [7, 11) is 0. The topological polar surface area (TPSA) is 49.9 Å². The maximum atomic E-state index is 7.02. The van der Waals surface area contributed by atoms with E-state index in [1.807, 2.05) is 12.2 Å². The van der Waals surface area contributed by atoms with Crippen molar-refractivity contribution in [1.82, 2.24) is 0 Å². The van der Waals surface area contributed by atoms with Crippen LogP contribution in [0.5, 0.6) is 0 Å². The molecule has 11 heavy (non-hydrogen) atoms. The number of rotatable bonds is 2. The Morgan fingerprint density at radius 1 is 1.82 bits per heavy atom. The van der Waals surface area contributed by atoms with Gasteiger partial charge in [0, 0.05) is 6.21 Å². The molecule has 0 heterocycles. The minimum atomic E-state index is -0.185. The Morgan fingerprint density at radius 3 is 3.09 bits per heavy atom. The molecule has 0 aromatic carbocycles. The van der Waals surface area contributed by atoms with E-state index in [0.717, 1.165) is 6.42 Å². The molecule has 2 heteroatoms. The van der Waals surface area contributed by atoms with Crippen molar-refractivity contribution >= 4 is 6.21 Å². The summed E-state index contributed by atoms with van der Waals surface area (Å²) in [6, 6.07) is -0.185. The molecule has 0 spiro atoms. The van der Waals surface area contributed by atoms with Crippen LogP contribution in [0.4, 0.5) is 0 Å². The molecule has 0 amide bonds. The van der Waals surface area contributed by atoms with E-state index in [-0.39, 0.29) is 6.04 Å². The van der Waals surface area contributed by atoms with Gasteiger partial charge in [0.15, 0.2) is 0 Å². The van der Waals surface area contributed by atoms with Gasteiger partial charge in [0.25, 0.3) is 0 Å². The lowest BCUT2D eigenvalue weighted by atomic mass is 9.89. The van der Waals surface area contributed by atoms with Crippen LogP contribution in [-0.2, 0) is 0 Å². The molecule has 0 aliphatic heterocycles. The monoisotopic (exact) mass is 150 g/mol. The van der Waals surface area contributed by atoms with E-state index in [0.29, 0.717) is 5.92 Å². The zero-order valence-electron chi connectivity index (χ0n) is 6.75. The lowest BCUT2D eigenvalue weighted by molar-refractivity contribution is 0.652. The highest BCUT2D eigenvalue weighted by atomic mass is 14.7. The fourth-order valence-electron chi connectivity index (χ4n) is 1.30. The van der Waals surface area contributed by atoms with Crippen molar-refractivity contribution in [1.29, 1.82) is 5.41 Å². The summed E-state index contributed by atoms with van der Waals surface area (Å²) >= 11 is 0. The Balaban J connectivity index is 2.74. The van der Waals surface area contributed by atoms with Crippen LogP contribution < -0.4 is 5.73 Å². The first-order valence-electron chi connectivity index (χ1n) is 3.88. The van der Waals surface area contributed by atoms with Crippen LogP contribution in [0, 0.1) is 11.3 Å². The van der Waals surface area contributed by atoms with Crippen molar-refractivity contribution in [2.75, 3.05) is 0 Å². The van der Waals surface area contributed by atoms with Crippen molar-refractivity contribution in [3.63, 3.8) is 0 Å². The van der Waals surface area contributed by atoms with Crippen LogP contribution in [0.2, 0.25) is 0 Å². The third kappa shape index (κ3) is 1.77. The van der Waals surface area contributed by atoms with Gasteiger partial charge in [-0.1, -0.05) is 25.2 Å². The maximum absolute atomic E-state index is 7.02. The quantitative estimate of drug-likeness (QED) is 0.575. The third-order valence-corrected chi connectivity index (χ3v) is 2.05. The largest absolute Gasteiger partial charge is 0.320 e. The molecule has 60 valence electrons. The number of hydrogen-bond acceptors (Lipinski definition) is 2. The van der Waals surface area contributed by atoms with Crippen molar-refractivity contribution in [3.8, 4) is 0 Å². The first kappa shape index (κ1) is 8.21. The average molecular weight is 150 g/mol. The van der Waals surface area contributed by atoms with E-state index in [1.165, 1.54) is 11.8 Å². The highest BCUT2D eigenvalue weighted by Gasteiger charge is 2.14. The summed E-state index contributed by atoms with van der Waals surface area (Å²) < 4.78 is 0. The Morgan fingerprint density at radius 2 is 2.55 bits per heavy atom. The Bertz CT molecular complexity index is 204. The molecule has 2 unspecified atom stereocenters. The van der Waals surface area contributed by atoms with E-state index in [4.69, 9.17) is 11.1 Å². The summed E-state index contributed by atoms with van der Waals surface area (Å²) in [5.74, 6) is 0.497.